The highest BCUT2D eigenvalue weighted by Gasteiger charge is 2.38. The third kappa shape index (κ3) is 4.57. The number of anilines is 1. The fourth-order valence-electron chi connectivity index (χ4n) is 3.07. The SMILES string of the molecule is CC(C)(C)SNC(CCC1CC1)(c1ccc(F)c(N)c1)c1ccccn1. The molecule has 0 radical (unpaired) electrons. The second kappa shape index (κ2) is 7.57. The van der Waals surface area contributed by atoms with E-state index in [-0.39, 0.29) is 16.3 Å². The van der Waals surface area contributed by atoms with E-state index in [1.54, 1.807) is 18.0 Å². The lowest BCUT2D eigenvalue weighted by atomic mass is 9.82. The molecule has 0 amide bonds. The van der Waals surface area contributed by atoms with Crippen molar-refractivity contribution in [3.05, 3.63) is 59.7 Å². The summed E-state index contributed by atoms with van der Waals surface area (Å²) in [5, 5.41) is 0. The van der Waals surface area contributed by atoms with E-state index in [1.807, 2.05) is 30.5 Å². The van der Waals surface area contributed by atoms with E-state index in [1.165, 1.54) is 18.9 Å². The molecule has 26 heavy (non-hydrogen) atoms. The van der Waals surface area contributed by atoms with Crippen molar-refractivity contribution in [1.29, 1.82) is 0 Å². The normalized spacial score (nSPS) is 17.1. The Hall–Kier alpha value is -1.59. The average Bonchev–Trinajstić information content (AvgIpc) is 3.42. The van der Waals surface area contributed by atoms with Crippen molar-refractivity contribution in [2.45, 2.75) is 56.7 Å². The smallest absolute Gasteiger partial charge is 0.146 e. The van der Waals surface area contributed by atoms with Crippen LogP contribution in [-0.2, 0) is 5.54 Å². The van der Waals surface area contributed by atoms with E-state index in [9.17, 15) is 4.39 Å². The standard InChI is InChI=1S/C21H28FN3S/c1-20(2,3)26-25-21(12-11-15-7-8-15,19-6-4-5-13-24-19)16-9-10-17(22)18(23)14-16/h4-6,9-10,13-15,25H,7-8,11-12,23H2,1-3H3. The molecule has 1 aromatic carbocycles. The molecule has 1 aliphatic carbocycles. The topological polar surface area (TPSA) is 50.9 Å². The van der Waals surface area contributed by atoms with Gasteiger partial charge in [0, 0.05) is 10.9 Å². The number of hydrogen-bond donors (Lipinski definition) is 2. The number of halogens is 1. The third-order valence-corrected chi connectivity index (χ3v) is 5.81. The Morgan fingerprint density at radius 3 is 2.58 bits per heavy atom. The minimum atomic E-state index is -0.496. The Bertz CT molecular complexity index is 741. The maximum Gasteiger partial charge on any atom is 0.146 e. The summed E-state index contributed by atoms with van der Waals surface area (Å²) in [5.41, 5.74) is 7.51. The van der Waals surface area contributed by atoms with Crippen LogP contribution < -0.4 is 10.5 Å². The Kier molecular flexibility index (Phi) is 5.58. The summed E-state index contributed by atoms with van der Waals surface area (Å²) in [4.78, 5) is 4.67. The van der Waals surface area contributed by atoms with Crippen molar-refractivity contribution in [2.75, 3.05) is 5.73 Å². The second-order valence-electron chi connectivity index (χ2n) is 8.16. The number of nitrogens with two attached hydrogens (primary N) is 1. The molecule has 3 nitrogen and oxygen atoms in total. The first kappa shape index (κ1) is 19.2. The number of pyridine rings is 1. The molecule has 1 aromatic heterocycles. The molecule has 1 atom stereocenters. The lowest BCUT2D eigenvalue weighted by molar-refractivity contribution is 0.413. The number of nitrogens with one attached hydrogen (secondary N) is 1. The van der Waals surface area contributed by atoms with Crippen LogP contribution in [0.3, 0.4) is 0 Å². The van der Waals surface area contributed by atoms with E-state index in [4.69, 9.17) is 5.73 Å². The summed E-state index contributed by atoms with van der Waals surface area (Å²) in [7, 11) is 0. The first-order chi connectivity index (χ1) is 12.3. The number of rotatable bonds is 7. The summed E-state index contributed by atoms with van der Waals surface area (Å²) in [6.45, 7) is 6.52. The number of aromatic nitrogens is 1. The minimum absolute atomic E-state index is 0.0329. The molecule has 0 saturated heterocycles. The Labute approximate surface area is 160 Å². The molecule has 140 valence electrons. The summed E-state index contributed by atoms with van der Waals surface area (Å²) in [5.74, 6) is 0.409. The van der Waals surface area contributed by atoms with Crippen molar-refractivity contribution in [2.24, 2.45) is 5.92 Å². The van der Waals surface area contributed by atoms with Gasteiger partial charge in [0.05, 0.1) is 16.9 Å². The van der Waals surface area contributed by atoms with Crippen LogP contribution in [-0.4, -0.2) is 9.73 Å². The number of nitrogens with zero attached hydrogens (tertiary/aromatic N) is 1. The zero-order valence-corrected chi connectivity index (χ0v) is 16.6. The van der Waals surface area contributed by atoms with Gasteiger partial charge in [0.25, 0.3) is 0 Å². The maximum atomic E-state index is 13.8. The van der Waals surface area contributed by atoms with Gasteiger partial charge in [0.2, 0.25) is 0 Å². The van der Waals surface area contributed by atoms with E-state index >= 15 is 0 Å². The summed E-state index contributed by atoms with van der Waals surface area (Å²) >= 11 is 1.69. The molecule has 0 bridgehead atoms. The largest absolute Gasteiger partial charge is 0.396 e. The van der Waals surface area contributed by atoms with Crippen molar-refractivity contribution < 1.29 is 4.39 Å². The van der Waals surface area contributed by atoms with Gasteiger partial charge < -0.3 is 5.73 Å². The Morgan fingerprint density at radius 1 is 1.23 bits per heavy atom. The van der Waals surface area contributed by atoms with Gasteiger partial charge >= 0.3 is 0 Å². The number of hydrogen-bond acceptors (Lipinski definition) is 4. The monoisotopic (exact) mass is 373 g/mol. The van der Waals surface area contributed by atoms with Gasteiger partial charge in [0.15, 0.2) is 0 Å². The van der Waals surface area contributed by atoms with Gasteiger partial charge in [0.1, 0.15) is 5.82 Å². The van der Waals surface area contributed by atoms with E-state index < -0.39 is 5.54 Å². The molecular formula is C21H28FN3S. The lowest BCUT2D eigenvalue weighted by Crippen LogP contribution is -2.42. The predicted octanol–water partition coefficient (Wildman–Crippen LogP) is 5.27. The summed E-state index contributed by atoms with van der Waals surface area (Å²) in [6.07, 6.45) is 6.44. The first-order valence-electron chi connectivity index (χ1n) is 9.22. The van der Waals surface area contributed by atoms with Crippen molar-refractivity contribution in [3.8, 4) is 0 Å². The third-order valence-electron chi connectivity index (χ3n) is 4.75. The Morgan fingerprint density at radius 2 is 2.00 bits per heavy atom. The van der Waals surface area contributed by atoms with Crippen LogP contribution in [0.15, 0.2) is 42.6 Å². The van der Waals surface area contributed by atoms with Crippen LogP contribution in [0.5, 0.6) is 0 Å². The van der Waals surface area contributed by atoms with Crippen LogP contribution in [0.1, 0.15) is 57.7 Å². The predicted molar refractivity (Wildman–Crippen MR) is 108 cm³/mol. The van der Waals surface area contributed by atoms with Gasteiger partial charge in [-0.2, -0.15) is 0 Å². The van der Waals surface area contributed by atoms with E-state index in [0.29, 0.717) is 0 Å². The lowest BCUT2D eigenvalue weighted by Gasteiger charge is -2.37. The molecule has 2 aromatic rings. The van der Waals surface area contributed by atoms with E-state index in [2.05, 4.69) is 30.5 Å². The molecule has 1 fully saturated rings. The van der Waals surface area contributed by atoms with Crippen molar-refractivity contribution in [3.63, 3.8) is 0 Å². The van der Waals surface area contributed by atoms with Gasteiger partial charge in [-0.25, -0.2) is 9.11 Å². The molecule has 0 aliphatic heterocycles. The highest BCUT2D eigenvalue weighted by molar-refractivity contribution is 7.98. The molecule has 1 unspecified atom stereocenters. The Balaban J connectivity index is 2.06. The van der Waals surface area contributed by atoms with Crippen LogP contribution >= 0.6 is 11.9 Å². The first-order valence-corrected chi connectivity index (χ1v) is 10.0. The highest BCUT2D eigenvalue weighted by Crippen LogP contribution is 2.43. The minimum Gasteiger partial charge on any atom is -0.396 e. The molecule has 1 heterocycles. The van der Waals surface area contributed by atoms with Crippen molar-refractivity contribution in [1.82, 2.24) is 9.71 Å². The zero-order chi connectivity index (χ0) is 18.8. The van der Waals surface area contributed by atoms with Gasteiger partial charge in [-0.05, 0) is 69.4 Å². The molecule has 5 heteroatoms. The molecule has 0 spiro atoms. The van der Waals surface area contributed by atoms with Gasteiger partial charge in [-0.1, -0.05) is 36.9 Å². The highest BCUT2D eigenvalue weighted by atomic mass is 32.2. The van der Waals surface area contributed by atoms with Crippen LogP contribution in [0.25, 0.3) is 0 Å². The molecule has 1 aliphatic rings. The average molecular weight is 374 g/mol. The van der Waals surface area contributed by atoms with E-state index in [0.717, 1.165) is 30.0 Å². The quantitative estimate of drug-likeness (QED) is 0.512. The molecule has 3 rings (SSSR count). The summed E-state index contributed by atoms with van der Waals surface area (Å²) in [6, 6.07) is 11.0. The van der Waals surface area contributed by atoms with Crippen LogP contribution in [0.4, 0.5) is 10.1 Å². The van der Waals surface area contributed by atoms with Gasteiger partial charge in [-0.3, -0.25) is 4.98 Å². The fourth-order valence-corrected chi connectivity index (χ4v) is 3.88. The molecular weight excluding hydrogens is 345 g/mol. The number of nitrogen functional groups attached to an aromatic ring is 1. The maximum absolute atomic E-state index is 13.8. The fraction of sp³-hybridized carbons (Fsp3) is 0.476. The molecule has 3 N–H and O–H groups in total. The number of benzene rings is 1. The molecule has 1 saturated carbocycles. The van der Waals surface area contributed by atoms with Gasteiger partial charge in [-0.15, -0.1) is 0 Å². The van der Waals surface area contributed by atoms with Crippen LogP contribution in [0.2, 0.25) is 0 Å². The van der Waals surface area contributed by atoms with Crippen LogP contribution in [0, 0.1) is 11.7 Å². The zero-order valence-electron chi connectivity index (χ0n) is 15.8. The van der Waals surface area contributed by atoms with Crippen molar-refractivity contribution >= 4 is 17.6 Å². The summed E-state index contributed by atoms with van der Waals surface area (Å²) < 4.78 is 17.6. The second-order valence-corrected chi connectivity index (χ2v) is 9.79.